The summed E-state index contributed by atoms with van der Waals surface area (Å²) in [4.78, 5) is 8.09. The van der Waals surface area contributed by atoms with Crippen LogP contribution in [0.25, 0.3) is 50.5 Å². The first kappa shape index (κ1) is 24.2. The van der Waals surface area contributed by atoms with E-state index in [-0.39, 0.29) is 28.4 Å². The zero-order valence-corrected chi connectivity index (χ0v) is 20.5. The summed E-state index contributed by atoms with van der Waals surface area (Å²) in [6.07, 6.45) is -3.35. The molecule has 0 fully saturated rings. The molecule has 4 heterocycles. The lowest BCUT2D eigenvalue weighted by atomic mass is 9.97. The second-order valence-corrected chi connectivity index (χ2v) is 9.30. The van der Waals surface area contributed by atoms with Crippen LogP contribution in [-0.2, 0) is 5.92 Å². The highest BCUT2D eigenvalue weighted by Crippen LogP contribution is 2.45. The lowest BCUT2D eigenvalue weighted by Crippen LogP contribution is -2.34. The molecule has 190 valence electrons. The molecule has 0 amide bonds. The molecule has 0 bridgehead atoms. The van der Waals surface area contributed by atoms with Crippen LogP contribution in [0.15, 0.2) is 88.2 Å². The van der Waals surface area contributed by atoms with Crippen LogP contribution in [0, 0.1) is 0 Å². The first-order chi connectivity index (χ1) is 18.1. The largest absolute Gasteiger partial charge is 0.459 e. The highest BCUT2D eigenvalue weighted by atomic mass is 79.9. The van der Waals surface area contributed by atoms with Crippen LogP contribution in [0.1, 0.15) is 5.69 Å². The van der Waals surface area contributed by atoms with Gasteiger partial charge in [-0.3, -0.25) is 4.40 Å². The van der Waals surface area contributed by atoms with Crippen LogP contribution in [0.4, 0.5) is 22.0 Å². The smallest absolute Gasteiger partial charge is 0.422 e. The molecule has 2 aromatic carbocycles. The molecule has 6 aromatic rings. The Morgan fingerprint density at radius 2 is 1.45 bits per heavy atom. The summed E-state index contributed by atoms with van der Waals surface area (Å²) < 4.78 is 76.7. The van der Waals surface area contributed by atoms with E-state index < -0.39 is 17.8 Å². The summed E-state index contributed by atoms with van der Waals surface area (Å²) in [7, 11) is 0. The third-order valence-electron chi connectivity index (χ3n) is 6.03. The van der Waals surface area contributed by atoms with Crippen molar-refractivity contribution in [3.8, 4) is 33.8 Å². The lowest BCUT2D eigenvalue weighted by molar-refractivity contribution is -0.290. The number of imidazole rings is 1. The first-order valence-corrected chi connectivity index (χ1v) is 11.8. The molecule has 0 radical (unpaired) electrons. The Hall–Kier alpha value is -4.19. The molecule has 6 rings (SSSR count). The molecule has 12 heteroatoms. The fourth-order valence-electron chi connectivity index (χ4n) is 4.15. The van der Waals surface area contributed by atoms with Crippen LogP contribution in [0.5, 0.6) is 0 Å². The maximum Gasteiger partial charge on any atom is 0.459 e. The Bertz CT molecular complexity index is 1780. The van der Waals surface area contributed by atoms with Gasteiger partial charge in [-0.15, -0.1) is 10.2 Å². The van der Waals surface area contributed by atoms with E-state index >= 15 is 0 Å². The van der Waals surface area contributed by atoms with Gasteiger partial charge in [0.2, 0.25) is 6.39 Å². The fourth-order valence-corrected chi connectivity index (χ4v) is 4.41. The Morgan fingerprint density at radius 3 is 2.08 bits per heavy atom. The number of alkyl halides is 5. The minimum Gasteiger partial charge on any atom is -0.422 e. The van der Waals surface area contributed by atoms with Crippen molar-refractivity contribution in [3.05, 3.63) is 89.5 Å². The van der Waals surface area contributed by atoms with Crippen molar-refractivity contribution in [1.29, 1.82) is 0 Å². The molecular formula is C26H13BrF5N5O. The molecule has 0 saturated carbocycles. The maximum absolute atomic E-state index is 14.6. The first-order valence-electron chi connectivity index (χ1n) is 11.0. The summed E-state index contributed by atoms with van der Waals surface area (Å²) in [6.45, 7) is 0. The number of pyridine rings is 2. The van der Waals surface area contributed by atoms with Gasteiger partial charge >= 0.3 is 12.1 Å². The van der Waals surface area contributed by atoms with E-state index in [9.17, 15) is 22.0 Å². The quantitative estimate of drug-likeness (QED) is 0.198. The predicted molar refractivity (Wildman–Crippen MR) is 132 cm³/mol. The number of aromatic nitrogens is 5. The zero-order valence-electron chi connectivity index (χ0n) is 18.9. The Balaban J connectivity index is 1.57. The van der Waals surface area contributed by atoms with Gasteiger partial charge in [0.1, 0.15) is 22.7 Å². The van der Waals surface area contributed by atoms with Crippen molar-refractivity contribution in [2.24, 2.45) is 0 Å². The summed E-state index contributed by atoms with van der Waals surface area (Å²) in [5.41, 5.74) is 1.27. The van der Waals surface area contributed by atoms with Crippen molar-refractivity contribution in [1.82, 2.24) is 24.6 Å². The van der Waals surface area contributed by atoms with Gasteiger partial charge in [-0.1, -0.05) is 52.3 Å². The number of nitrogens with zero attached hydrogens (tertiary/aromatic N) is 5. The van der Waals surface area contributed by atoms with Gasteiger partial charge in [0.05, 0.1) is 0 Å². The van der Waals surface area contributed by atoms with Crippen LogP contribution < -0.4 is 0 Å². The van der Waals surface area contributed by atoms with Gasteiger partial charge in [-0.05, 0) is 52.6 Å². The normalized spacial score (nSPS) is 12.5. The molecule has 0 atom stereocenters. The Morgan fingerprint density at radius 1 is 0.789 bits per heavy atom. The average molecular weight is 586 g/mol. The summed E-state index contributed by atoms with van der Waals surface area (Å²) in [6, 6.07) is 18.4. The predicted octanol–water partition coefficient (Wildman–Crippen LogP) is 7.68. The molecular weight excluding hydrogens is 573 g/mol. The van der Waals surface area contributed by atoms with Gasteiger partial charge in [-0.2, -0.15) is 22.0 Å². The molecule has 0 spiro atoms. The average Bonchev–Trinajstić information content (AvgIpc) is 3.58. The van der Waals surface area contributed by atoms with Crippen molar-refractivity contribution in [2.75, 3.05) is 0 Å². The van der Waals surface area contributed by atoms with Gasteiger partial charge in [0.15, 0.2) is 0 Å². The molecule has 0 saturated heterocycles. The number of benzene rings is 2. The minimum absolute atomic E-state index is 0.0578. The summed E-state index contributed by atoms with van der Waals surface area (Å²) >= 11 is 3.38. The van der Waals surface area contributed by atoms with Crippen LogP contribution in [0.3, 0.4) is 0 Å². The lowest BCUT2D eigenvalue weighted by Gasteiger charge is -2.21. The minimum atomic E-state index is -5.84. The maximum atomic E-state index is 14.6. The Kier molecular flexibility index (Phi) is 5.53. The third kappa shape index (κ3) is 4.01. The van der Waals surface area contributed by atoms with E-state index in [1.54, 1.807) is 36.4 Å². The topological polar surface area (TPSA) is 69.1 Å². The van der Waals surface area contributed by atoms with Crippen molar-refractivity contribution in [3.63, 3.8) is 0 Å². The van der Waals surface area contributed by atoms with Crippen molar-refractivity contribution in [2.45, 2.75) is 12.1 Å². The highest BCUT2D eigenvalue weighted by Gasteiger charge is 2.60. The number of hydrogen-bond donors (Lipinski definition) is 0. The number of fused-ring (bicyclic) bond motifs is 3. The Labute approximate surface area is 218 Å². The fraction of sp³-hybridized carbons (Fsp3) is 0.0769. The number of rotatable bonds is 4. The van der Waals surface area contributed by atoms with Crippen LogP contribution >= 0.6 is 15.9 Å². The molecule has 0 aliphatic heterocycles. The third-order valence-corrected chi connectivity index (χ3v) is 6.56. The molecule has 0 aliphatic rings. The van der Waals surface area contributed by atoms with Gasteiger partial charge in [0, 0.05) is 16.1 Å². The summed E-state index contributed by atoms with van der Waals surface area (Å²) in [5.74, 6) is -5.13. The van der Waals surface area contributed by atoms with E-state index in [2.05, 4.69) is 36.1 Å². The zero-order chi connectivity index (χ0) is 26.7. The standard InChI is InChI=1S/C26H13BrF5N5O/c27-17-7-5-15(6-8-17)14-1-3-16(4-2-14)19-11-21(25(28,29)26(30,31)32)35-23-18(19)9-10-22-34-20(12-37(22)23)24-36-33-13-38-24/h1-13H. The van der Waals surface area contributed by atoms with Gasteiger partial charge < -0.3 is 4.42 Å². The van der Waals surface area contributed by atoms with E-state index in [1.165, 1.54) is 10.6 Å². The second kappa shape index (κ2) is 8.69. The monoisotopic (exact) mass is 585 g/mol. The van der Waals surface area contributed by atoms with Gasteiger partial charge in [0.25, 0.3) is 5.89 Å². The van der Waals surface area contributed by atoms with Crippen molar-refractivity contribution >= 4 is 32.6 Å². The van der Waals surface area contributed by atoms with Crippen LogP contribution in [0.2, 0.25) is 0 Å². The number of halogens is 6. The molecule has 6 nitrogen and oxygen atoms in total. The number of hydrogen-bond acceptors (Lipinski definition) is 5. The van der Waals surface area contributed by atoms with Crippen molar-refractivity contribution < 1.29 is 26.4 Å². The molecule has 38 heavy (non-hydrogen) atoms. The molecule has 4 aromatic heterocycles. The SMILES string of the molecule is FC(F)(F)C(F)(F)c1cc(-c2ccc(-c3ccc(Br)cc3)cc2)c2ccc3nc(-c4nnco4)cn3c2n1. The second-order valence-electron chi connectivity index (χ2n) is 8.38. The highest BCUT2D eigenvalue weighted by molar-refractivity contribution is 9.10. The van der Waals surface area contributed by atoms with Gasteiger partial charge in [-0.25, -0.2) is 9.97 Å². The van der Waals surface area contributed by atoms with Crippen LogP contribution in [-0.4, -0.2) is 30.7 Å². The van der Waals surface area contributed by atoms with E-state index in [0.717, 1.165) is 28.1 Å². The molecule has 0 N–H and O–H groups in total. The van der Waals surface area contributed by atoms with E-state index in [4.69, 9.17) is 4.42 Å². The van der Waals surface area contributed by atoms with E-state index in [0.29, 0.717) is 10.9 Å². The molecule has 0 unspecified atom stereocenters. The summed E-state index contributed by atoms with van der Waals surface area (Å²) in [5, 5.41) is 7.71. The van der Waals surface area contributed by atoms with E-state index in [1.807, 2.05) is 24.3 Å². The molecule has 0 aliphatic carbocycles.